The molecule has 2 rings (SSSR count). The molecule has 1 N–H and O–H groups in total. The Hall–Kier alpha value is -0.860. The van der Waals surface area contributed by atoms with Crippen LogP contribution in [0, 0.1) is 6.92 Å². The first-order valence-corrected chi connectivity index (χ1v) is 6.19. The van der Waals surface area contributed by atoms with Gasteiger partial charge in [-0.15, -0.1) is 0 Å². The van der Waals surface area contributed by atoms with Gasteiger partial charge in [-0.05, 0) is 29.0 Å². The smallest absolute Gasteiger partial charge is 0.0653 e. The molecule has 94 valence electrons. The molecule has 1 heterocycles. The molecule has 2 nitrogen and oxygen atoms in total. The molecule has 1 aromatic carbocycles. The molecule has 17 heavy (non-hydrogen) atoms. The van der Waals surface area contributed by atoms with Crippen molar-refractivity contribution in [2.75, 3.05) is 19.8 Å². The molecule has 0 aliphatic carbocycles. The first-order chi connectivity index (χ1) is 7.89. The van der Waals surface area contributed by atoms with E-state index in [9.17, 15) is 5.11 Å². The third kappa shape index (κ3) is 2.12. The van der Waals surface area contributed by atoms with Crippen LogP contribution in [0.4, 0.5) is 0 Å². The number of hydrogen-bond donors (Lipinski definition) is 1. The monoisotopic (exact) mass is 234 g/mol. The third-order valence-electron chi connectivity index (χ3n) is 3.72. The number of ether oxygens (including phenoxy) is 1. The van der Waals surface area contributed by atoms with Gasteiger partial charge in [0.15, 0.2) is 0 Å². The van der Waals surface area contributed by atoms with Gasteiger partial charge < -0.3 is 9.84 Å². The van der Waals surface area contributed by atoms with Gasteiger partial charge in [0.2, 0.25) is 0 Å². The lowest BCUT2D eigenvalue weighted by molar-refractivity contribution is -0.0844. The van der Waals surface area contributed by atoms with Crippen LogP contribution in [0.1, 0.15) is 37.5 Å². The Bertz CT molecular complexity index is 406. The minimum absolute atomic E-state index is 0.152. The SMILES string of the molecule is Cc1cc(C(C)(C)C)ccc1C1(CO)COC1. The van der Waals surface area contributed by atoms with Gasteiger partial charge in [0.25, 0.3) is 0 Å². The van der Waals surface area contributed by atoms with E-state index >= 15 is 0 Å². The molecule has 0 spiro atoms. The number of benzene rings is 1. The van der Waals surface area contributed by atoms with E-state index in [1.807, 2.05) is 0 Å². The maximum Gasteiger partial charge on any atom is 0.0653 e. The molecule has 0 unspecified atom stereocenters. The fraction of sp³-hybridized carbons (Fsp3) is 0.600. The van der Waals surface area contributed by atoms with Gasteiger partial charge in [-0.3, -0.25) is 0 Å². The van der Waals surface area contributed by atoms with Crippen molar-refractivity contribution in [2.45, 2.75) is 38.5 Å². The second kappa shape index (κ2) is 4.11. The Morgan fingerprint density at radius 2 is 1.94 bits per heavy atom. The zero-order valence-electron chi connectivity index (χ0n) is 11.2. The number of aliphatic hydroxyl groups is 1. The highest BCUT2D eigenvalue weighted by Crippen LogP contribution is 2.35. The molecule has 1 aliphatic rings. The van der Waals surface area contributed by atoms with Gasteiger partial charge in [-0.1, -0.05) is 39.0 Å². The average molecular weight is 234 g/mol. The summed E-state index contributed by atoms with van der Waals surface area (Å²) in [4.78, 5) is 0. The van der Waals surface area contributed by atoms with Crippen molar-refractivity contribution in [1.82, 2.24) is 0 Å². The molecule has 0 saturated carbocycles. The molecule has 0 amide bonds. The summed E-state index contributed by atoms with van der Waals surface area (Å²) < 4.78 is 5.28. The summed E-state index contributed by atoms with van der Waals surface area (Å²) in [5.74, 6) is 0. The van der Waals surface area contributed by atoms with E-state index in [2.05, 4.69) is 45.9 Å². The quantitative estimate of drug-likeness (QED) is 0.852. The summed E-state index contributed by atoms with van der Waals surface area (Å²) in [5, 5.41) is 9.56. The predicted octanol–water partition coefficient (Wildman–Crippen LogP) is 2.55. The number of hydrogen-bond acceptors (Lipinski definition) is 2. The van der Waals surface area contributed by atoms with Crippen LogP contribution in [-0.2, 0) is 15.6 Å². The summed E-state index contributed by atoms with van der Waals surface area (Å²) in [6.45, 7) is 10.2. The van der Waals surface area contributed by atoms with E-state index in [0.29, 0.717) is 13.2 Å². The van der Waals surface area contributed by atoms with Crippen molar-refractivity contribution in [3.05, 3.63) is 34.9 Å². The molecule has 1 saturated heterocycles. The van der Waals surface area contributed by atoms with Crippen molar-refractivity contribution >= 4 is 0 Å². The fourth-order valence-corrected chi connectivity index (χ4v) is 2.41. The highest BCUT2D eigenvalue weighted by Gasteiger charge is 2.40. The van der Waals surface area contributed by atoms with Crippen LogP contribution in [0.25, 0.3) is 0 Å². The van der Waals surface area contributed by atoms with Crippen LogP contribution in [0.2, 0.25) is 0 Å². The average Bonchev–Trinajstić information content (AvgIpc) is 2.17. The van der Waals surface area contributed by atoms with E-state index in [0.717, 1.165) is 0 Å². The Balaban J connectivity index is 2.38. The minimum Gasteiger partial charge on any atom is -0.395 e. The molecule has 1 aromatic rings. The molecular formula is C15H22O2. The summed E-state index contributed by atoms with van der Waals surface area (Å²) in [6.07, 6.45) is 0. The summed E-state index contributed by atoms with van der Waals surface area (Å²) in [5.41, 5.74) is 3.85. The Kier molecular flexibility index (Phi) is 3.04. The van der Waals surface area contributed by atoms with Gasteiger partial charge in [0.05, 0.1) is 25.2 Å². The lowest BCUT2D eigenvalue weighted by Crippen LogP contribution is -2.50. The Morgan fingerprint density at radius 3 is 2.29 bits per heavy atom. The van der Waals surface area contributed by atoms with Crippen molar-refractivity contribution in [3.63, 3.8) is 0 Å². The van der Waals surface area contributed by atoms with E-state index in [4.69, 9.17) is 4.74 Å². The molecule has 0 atom stereocenters. The highest BCUT2D eigenvalue weighted by atomic mass is 16.5. The van der Waals surface area contributed by atoms with Gasteiger partial charge in [0, 0.05) is 0 Å². The maximum atomic E-state index is 9.56. The van der Waals surface area contributed by atoms with Crippen LogP contribution < -0.4 is 0 Å². The van der Waals surface area contributed by atoms with Crippen LogP contribution in [-0.4, -0.2) is 24.9 Å². The van der Waals surface area contributed by atoms with Gasteiger partial charge in [-0.25, -0.2) is 0 Å². The first kappa shape index (κ1) is 12.6. The zero-order chi connectivity index (χ0) is 12.7. The van der Waals surface area contributed by atoms with Gasteiger partial charge in [-0.2, -0.15) is 0 Å². The molecule has 0 aromatic heterocycles. The largest absolute Gasteiger partial charge is 0.395 e. The van der Waals surface area contributed by atoms with Crippen LogP contribution >= 0.6 is 0 Å². The molecule has 1 fully saturated rings. The van der Waals surface area contributed by atoms with E-state index in [1.165, 1.54) is 16.7 Å². The topological polar surface area (TPSA) is 29.5 Å². The maximum absolute atomic E-state index is 9.56. The highest BCUT2D eigenvalue weighted by molar-refractivity contribution is 5.40. The van der Waals surface area contributed by atoms with Crippen molar-refractivity contribution < 1.29 is 9.84 Å². The lowest BCUT2D eigenvalue weighted by atomic mass is 9.75. The molecule has 0 bridgehead atoms. The summed E-state index contributed by atoms with van der Waals surface area (Å²) in [6, 6.07) is 6.58. The van der Waals surface area contributed by atoms with E-state index in [1.54, 1.807) is 0 Å². The Labute approximate surface area is 104 Å². The predicted molar refractivity (Wildman–Crippen MR) is 69.5 cm³/mol. The second-order valence-corrected chi connectivity index (χ2v) is 6.21. The van der Waals surface area contributed by atoms with Gasteiger partial charge in [0.1, 0.15) is 0 Å². The second-order valence-electron chi connectivity index (χ2n) is 6.21. The van der Waals surface area contributed by atoms with Crippen molar-refractivity contribution in [1.29, 1.82) is 0 Å². The van der Waals surface area contributed by atoms with E-state index in [-0.39, 0.29) is 17.4 Å². The normalized spacial score (nSPS) is 18.9. The number of aryl methyl sites for hydroxylation is 1. The minimum atomic E-state index is -0.152. The number of rotatable bonds is 2. The van der Waals surface area contributed by atoms with Crippen LogP contribution in [0.5, 0.6) is 0 Å². The van der Waals surface area contributed by atoms with Crippen molar-refractivity contribution in [3.8, 4) is 0 Å². The number of aliphatic hydroxyl groups excluding tert-OH is 1. The Morgan fingerprint density at radius 1 is 1.29 bits per heavy atom. The standard InChI is InChI=1S/C15H22O2/c1-11-7-12(14(2,3)4)5-6-13(11)15(8-16)9-17-10-15/h5-7,16H,8-10H2,1-4H3. The molecular weight excluding hydrogens is 212 g/mol. The van der Waals surface area contributed by atoms with E-state index < -0.39 is 0 Å². The van der Waals surface area contributed by atoms with Crippen molar-refractivity contribution in [2.24, 2.45) is 0 Å². The molecule has 2 heteroatoms. The molecule has 0 radical (unpaired) electrons. The fourth-order valence-electron chi connectivity index (χ4n) is 2.41. The summed E-state index contributed by atoms with van der Waals surface area (Å²) in [7, 11) is 0. The zero-order valence-corrected chi connectivity index (χ0v) is 11.2. The third-order valence-corrected chi connectivity index (χ3v) is 3.72. The molecule has 1 aliphatic heterocycles. The summed E-state index contributed by atoms with van der Waals surface area (Å²) >= 11 is 0. The van der Waals surface area contributed by atoms with Gasteiger partial charge >= 0.3 is 0 Å². The lowest BCUT2D eigenvalue weighted by Gasteiger charge is -2.41. The van der Waals surface area contributed by atoms with Crippen LogP contribution in [0.15, 0.2) is 18.2 Å². The van der Waals surface area contributed by atoms with Crippen LogP contribution in [0.3, 0.4) is 0 Å². The first-order valence-electron chi connectivity index (χ1n) is 6.19.